The van der Waals surface area contributed by atoms with E-state index in [0.717, 1.165) is 24.8 Å². The fraction of sp³-hybridized carbons (Fsp3) is 0.357. The summed E-state index contributed by atoms with van der Waals surface area (Å²) in [6.45, 7) is 0. The first-order chi connectivity index (χ1) is 9.24. The highest BCUT2D eigenvalue weighted by molar-refractivity contribution is 5.83. The molecule has 1 unspecified atom stereocenters. The smallest absolute Gasteiger partial charge is 0.157 e. The van der Waals surface area contributed by atoms with Crippen LogP contribution in [0.25, 0.3) is 11.3 Å². The van der Waals surface area contributed by atoms with Gasteiger partial charge in [0, 0.05) is 12.0 Å². The number of carbonyl (C=O) groups excluding carboxylic acids is 1. The van der Waals surface area contributed by atoms with Gasteiger partial charge in [-0.25, -0.2) is 9.07 Å². The molecular weight excluding hydrogens is 245 g/mol. The van der Waals surface area contributed by atoms with E-state index in [1.807, 2.05) is 0 Å². The summed E-state index contributed by atoms with van der Waals surface area (Å²) >= 11 is 0. The van der Waals surface area contributed by atoms with Gasteiger partial charge in [0.15, 0.2) is 5.78 Å². The number of aromatic nitrogens is 3. The molecule has 1 aromatic carbocycles. The molecule has 5 heteroatoms. The number of hydrogen-bond acceptors (Lipinski definition) is 3. The topological polar surface area (TPSA) is 47.8 Å². The molecule has 98 valence electrons. The lowest BCUT2D eigenvalue weighted by Crippen LogP contribution is -2.23. The van der Waals surface area contributed by atoms with Crippen molar-refractivity contribution >= 4 is 5.78 Å². The number of benzene rings is 1. The number of nitrogens with zero attached hydrogens (tertiary/aromatic N) is 3. The van der Waals surface area contributed by atoms with E-state index in [2.05, 4.69) is 10.3 Å². The Morgan fingerprint density at radius 2 is 2.00 bits per heavy atom. The van der Waals surface area contributed by atoms with Crippen LogP contribution in [-0.4, -0.2) is 20.8 Å². The molecule has 4 nitrogen and oxygen atoms in total. The normalized spacial score (nSPS) is 19.6. The molecule has 3 rings (SSSR count). The minimum absolute atomic E-state index is 0.185. The number of halogens is 1. The number of ketones is 1. The Morgan fingerprint density at radius 1 is 1.21 bits per heavy atom. The molecule has 0 radical (unpaired) electrons. The van der Waals surface area contributed by atoms with E-state index in [0.29, 0.717) is 12.1 Å². The van der Waals surface area contributed by atoms with Gasteiger partial charge in [0.25, 0.3) is 0 Å². The maximum atomic E-state index is 12.9. The molecule has 0 bridgehead atoms. The van der Waals surface area contributed by atoms with E-state index in [4.69, 9.17) is 0 Å². The number of carbonyl (C=O) groups is 1. The molecule has 19 heavy (non-hydrogen) atoms. The van der Waals surface area contributed by atoms with Gasteiger partial charge in [-0.05, 0) is 37.1 Å². The first-order valence-electron chi connectivity index (χ1n) is 6.44. The average molecular weight is 259 g/mol. The third-order valence-corrected chi connectivity index (χ3v) is 3.49. The lowest BCUT2D eigenvalue weighted by molar-refractivity contribution is -0.124. The number of Topliss-reactive ketones (excluding diaryl/α,β-unsaturated/α-hetero) is 1. The van der Waals surface area contributed by atoms with Gasteiger partial charge in [-0.3, -0.25) is 4.79 Å². The van der Waals surface area contributed by atoms with Gasteiger partial charge in [-0.1, -0.05) is 11.6 Å². The maximum absolute atomic E-state index is 12.9. The fourth-order valence-corrected chi connectivity index (χ4v) is 2.43. The second-order valence-corrected chi connectivity index (χ2v) is 4.82. The van der Waals surface area contributed by atoms with Gasteiger partial charge < -0.3 is 0 Å². The highest BCUT2D eigenvalue weighted by Gasteiger charge is 2.24. The largest absolute Gasteiger partial charge is 0.297 e. The molecule has 1 atom stereocenters. The number of hydrogen-bond donors (Lipinski definition) is 0. The van der Waals surface area contributed by atoms with E-state index in [1.165, 1.54) is 12.1 Å². The van der Waals surface area contributed by atoms with Crippen LogP contribution in [0.1, 0.15) is 31.7 Å². The Hall–Kier alpha value is -2.04. The molecule has 0 amide bonds. The van der Waals surface area contributed by atoms with Crippen molar-refractivity contribution in [1.29, 1.82) is 0 Å². The first kappa shape index (κ1) is 12.0. The van der Waals surface area contributed by atoms with Crippen molar-refractivity contribution < 1.29 is 9.18 Å². The Bertz CT molecular complexity index is 591. The minimum Gasteiger partial charge on any atom is -0.297 e. The zero-order chi connectivity index (χ0) is 13.2. The third kappa shape index (κ3) is 2.41. The first-order valence-corrected chi connectivity index (χ1v) is 6.44. The van der Waals surface area contributed by atoms with Crippen molar-refractivity contribution in [3.8, 4) is 11.3 Å². The van der Waals surface area contributed by atoms with Gasteiger partial charge in [0.2, 0.25) is 0 Å². The van der Waals surface area contributed by atoms with Crippen molar-refractivity contribution in [1.82, 2.24) is 15.0 Å². The Kier molecular flexibility index (Phi) is 3.11. The van der Waals surface area contributed by atoms with Crippen molar-refractivity contribution in [2.75, 3.05) is 0 Å². The molecule has 1 saturated carbocycles. The van der Waals surface area contributed by atoms with Crippen LogP contribution in [0, 0.1) is 5.82 Å². The highest BCUT2D eigenvalue weighted by Crippen LogP contribution is 2.26. The van der Waals surface area contributed by atoms with Crippen LogP contribution >= 0.6 is 0 Å². The summed E-state index contributed by atoms with van der Waals surface area (Å²) in [6.07, 6.45) is 5.22. The van der Waals surface area contributed by atoms with E-state index >= 15 is 0 Å². The molecular formula is C14H14FN3O. The molecule has 1 heterocycles. The average Bonchev–Trinajstić information content (AvgIpc) is 2.89. The van der Waals surface area contributed by atoms with Crippen LogP contribution in [0.5, 0.6) is 0 Å². The molecule has 1 aliphatic rings. The third-order valence-electron chi connectivity index (χ3n) is 3.49. The summed E-state index contributed by atoms with van der Waals surface area (Å²) in [6, 6.07) is 5.91. The SMILES string of the molecule is O=C1CCCCC1n1cc(-c2ccc(F)cc2)nn1. The Balaban J connectivity index is 1.86. The maximum Gasteiger partial charge on any atom is 0.157 e. The summed E-state index contributed by atoms with van der Waals surface area (Å²) in [7, 11) is 0. The Morgan fingerprint density at radius 3 is 2.74 bits per heavy atom. The molecule has 0 spiro atoms. The van der Waals surface area contributed by atoms with Crippen LogP contribution in [0.3, 0.4) is 0 Å². The molecule has 1 aromatic heterocycles. The van der Waals surface area contributed by atoms with E-state index < -0.39 is 0 Å². The standard InChI is InChI=1S/C14H14FN3O/c15-11-7-5-10(6-8-11)12-9-18(17-16-12)13-3-1-2-4-14(13)19/h5-9,13H,1-4H2. The zero-order valence-corrected chi connectivity index (χ0v) is 10.4. The van der Waals surface area contributed by atoms with Gasteiger partial charge in [-0.2, -0.15) is 0 Å². The van der Waals surface area contributed by atoms with Crippen molar-refractivity contribution in [2.45, 2.75) is 31.7 Å². The van der Waals surface area contributed by atoms with Crippen molar-refractivity contribution in [3.63, 3.8) is 0 Å². The van der Waals surface area contributed by atoms with Gasteiger partial charge >= 0.3 is 0 Å². The van der Waals surface area contributed by atoms with Crippen LogP contribution in [0.2, 0.25) is 0 Å². The summed E-state index contributed by atoms with van der Waals surface area (Å²) < 4.78 is 14.5. The van der Waals surface area contributed by atoms with Crippen LogP contribution in [0.4, 0.5) is 4.39 Å². The van der Waals surface area contributed by atoms with Crippen LogP contribution in [0.15, 0.2) is 30.5 Å². The van der Waals surface area contributed by atoms with E-state index in [-0.39, 0.29) is 17.6 Å². The molecule has 0 aliphatic heterocycles. The molecule has 0 N–H and O–H groups in total. The van der Waals surface area contributed by atoms with Crippen LogP contribution < -0.4 is 0 Å². The zero-order valence-electron chi connectivity index (χ0n) is 10.4. The lowest BCUT2D eigenvalue weighted by atomic mass is 9.94. The minimum atomic E-state index is -0.279. The fourth-order valence-electron chi connectivity index (χ4n) is 2.43. The summed E-state index contributed by atoms with van der Waals surface area (Å²) in [5.74, 6) is -0.0552. The molecule has 1 fully saturated rings. The second kappa shape index (κ2) is 4.91. The predicted octanol–water partition coefficient (Wildman–Crippen LogP) is 2.77. The summed E-state index contributed by atoms with van der Waals surface area (Å²) in [5.41, 5.74) is 1.47. The monoisotopic (exact) mass is 259 g/mol. The summed E-state index contributed by atoms with van der Waals surface area (Å²) in [5, 5.41) is 8.11. The van der Waals surface area contributed by atoms with Gasteiger partial charge in [-0.15, -0.1) is 5.10 Å². The van der Waals surface area contributed by atoms with Gasteiger partial charge in [0.05, 0.1) is 6.20 Å². The van der Waals surface area contributed by atoms with E-state index in [9.17, 15) is 9.18 Å². The summed E-state index contributed by atoms with van der Waals surface area (Å²) in [4.78, 5) is 11.8. The molecule has 1 aliphatic carbocycles. The van der Waals surface area contributed by atoms with Crippen molar-refractivity contribution in [3.05, 3.63) is 36.3 Å². The Labute approximate surface area is 110 Å². The van der Waals surface area contributed by atoms with Gasteiger partial charge in [0.1, 0.15) is 17.6 Å². The number of rotatable bonds is 2. The second-order valence-electron chi connectivity index (χ2n) is 4.82. The van der Waals surface area contributed by atoms with Crippen molar-refractivity contribution in [2.24, 2.45) is 0 Å². The molecule has 0 saturated heterocycles. The quantitative estimate of drug-likeness (QED) is 0.833. The predicted molar refractivity (Wildman–Crippen MR) is 67.9 cm³/mol. The lowest BCUT2D eigenvalue weighted by Gasteiger charge is -2.19. The highest BCUT2D eigenvalue weighted by atomic mass is 19.1. The van der Waals surface area contributed by atoms with Crippen LogP contribution in [-0.2, 0) is 4.79 Å². The van der Waals surface area contributed by atoms with E-state index in [1.54, 1.807) is 23.0 Å². The molecule has 2 aromatic rings.